The molecule has 0 aliphatic carbocycles. The molecule has 5 nitrogen and oxygen atoms in total. The first-order chi connectivity index (χ1) is 16.1. The van der Waals surface area contributed by atoms with Gasteiger partial charge in [0.15, 0.2) is 0 Å². The van der Waals surface area contributed by atoms with E-state index in [1.54, 1.807) is 24.3 Å². The van der Waals surface area contributed by atoms with E-state index in [2.05, 4.69) is 4.90 Å². The number of para-hydroxylation sites is 1. The number of amides is 2. The number of hydrogen-bond donors (Lipinski definition) is 0. The van der Waals surface area contributed by atoms with Crippen LogP contribution in [0.2, 0.25) is 0 Å². The van der Waals surface area contributed by atoms with Gasteiger partial charge in [-0.25, -0.2) is 4.90 Å². The van der Waals surface area contributed by atoms with Crippen LogP contribution in [-0.2, 0) is 9.59 Å². The summed E-state index contributed by atoms with van der Waals surface area (Å²) >= 11 is 0. The molecule has 2 amide bonds. The number of imide groups is 1. The highest BCUT2D eigenvalue weighted by Gasteiger charge is 2.42. The van der Waals surface area contributed by atoms with E-state index in [0.717, 1.165) is 49.2 Å². The normalized spacial score (nSPS) is 16.5. The Morgan fingerprint density at radius 3 is 2.00 bits per heavy atom. The van der Waals surface area contributed by atoms with Crippen LogP contribution in [0.3, 0.4) is 0 Å². The predicted octanol–water partition coefficient (Wildman–Crippen LogP) is 5.56. The summed E-state index contributed by atoms with van der Waals surface area (Å²) in [6.45, 7) is 3.60. The zero-order valence-corrected chi connectivity index (χ0v) is 18.7. The monoisotopic (exact) mass is 438 g/mol. The molecule has 3 aromatic rings. The molecule has 0 atom stereocenters. The summed E-state index contributed by atoms with van der Waals surface area (Å²) in [6.07, 6.45) is 3.20. The molecule has 2 aliphatic rings. The number of likely N-dealkylation sites (tertiary alicyclic amines) is 1. The maximum Gasteiger partial charge on any atom is 0.282 e. The SMILES string of the molecule is Cc1ccc(C2=C(N3CCCCC3)C(=O)N(c3ccc(Oc4ccccc4)cc3)C2=O)cc1. The van der Waals surface area contributed by atoms with Gasteiger partial charge in [0.2, 0.25) is 0 Å². The van der Waals surface area contributed by atoms with Gasteiger partial charge in [0.05, 0.1) is 11.3 Å². The van der Waals surface area contributed by atoms with Gasteiger partial charge in [0.1, 0.15) is 17.2 Å². The maximum atomic E-state index is 13.6. The number of ether oxygens (including phenoxy) is 1. The Kier molecular flexibility index (Phi) is 5.69. The number of rotatable bonds is 5. The highest BCUT2D eigenvalue weighted by molar-refractivity contribution is 6.45. The van der Waals surface area contributed by atoms with Gasteiger partial charge in [0, 0.05) is 13.1 Å². The quantitative estimate of drug-likeness (QED) is 0.490. The minimum atomic E-state index is -0.277. The third kappa shape index (κ3) is 4.14. The van der Waals surface area contributed by atoms with Gasteiger partial charge in [-0.1, -0.05) is 48.0 Å². The van der Waals surface area contributed by atoms with Gasteiger partial charge >= 0.3 is 0 Å². The molecule has 1 saturated heterocycles. The van der Waals surface area contributed by atoms with Crippen LogP contribution in [0.15, 0.2) is 84.6 Å². The second-order valence-electron chi connectivity index (χ2n) is 8.49. The average Bonchev–Trinajstić information content (AvgIpc) is 3.11. The summed E-state index contributed by atoms with van der Waals surface area (Å²) in [5, 5.41) is 0. The Morgan fingerprint density at radius 1 is 0.697 bits per heavy atom. The predicted molar refractivity (Wildman–Crippen MR) is 129 cm³/mol. The number of anilines is 1. The summed E-state index contributed by atoms with van der Waals surface area (Å²) in [6, 6.07) is 24.4. The van der Waals surface area contributed by atoms with E-state index < -0.39 is 0 Å². The van der Waals surface area contributed by atoms with Crippen LogP contribution in [0.1, 0.15) is 30.4 Å². The third-order valence-corrected chi connectivity index (χ3v) is 6.15. The lowest BCUT2D eigenvalue weighted by Crippen LogP contribution is -2.37. The number of benzene rings is 3. The van der Waals surface area contributed by atoms with Crippen molar-refractivity contribution in [1.82, 2.24) is 4.90 Å². The van der Waals surface area contributed by atoms with Gasteiger partial charge in [-0.3, -0.25) is 9.59 Å². The lowest BCUT2D eigenvalue weighted by atomic mass is 10.0. The molecular formula is C28H26N2O3. The van der Waals surface area contributed by atoms with E-state index in [0.29, 0.717) is 22.7 Å². The molecule has 3 aromatic carbocycles. The minimum absolute atomic E-state index is 0.255. The van der Waals surface area contributed by atoms with E-state index in [-0.39, 0.29) is 11.8 Å². The molecule has 1 fully saturated rings. The van der Waals surface area contributed by atoms with E-state index in [1.807, 2.05) is 61.5 Å². The van der Waals surface area contributed by atoms with Crippen LogP contribution in [-0.4, -0.2) is 29.8 Å². The maximum absolute atomic E-state index is 13.6. The number of nitrogens with zero attached hydrogens (tertiary/aromatic N) is 2. The topological polar surface area (TPSA) is 49.9 Å². The van der Waals surface area contributed by atoms with Crippen molar-refractivity contribution in [2.24, 2.45) is 0 Å². The fourth-order valence-corrected chi connectivity index (χ4v) is 4.43. The minimum Gasteiger partial charge on any atom is -0.457 e. The molecule has 0 radical (unpaired) electrons. The second kappa shape index (κ2) is 8.94. The van der Waals surface area contributed by atoms with Crippen molar-refractivity contribution in [3.05, 3.63) is 95.7 Å². The van der Waals surface area contributed by atoms with Gasteiger partial charge in [0.25, 0.3) is 11.8 Å². The van der Waals surface area contributed by atoms with E-state index >= 15 is 0 Å². The van der Waals surface area contributed by atoms with Crippen LogP contribution in [0.4, 0.5) is 5.69 Å². The first kappa shape index (κ1) is 21.0. The average molecular weight is 439 g/mol. The first-order valence-corrected chi connectivity index (χ1v) is 11.4. The van der Waals surface area contributed by atoms with E-state index in [4.69, 9.17) is 4.74 Å². The fourth-order valence-electron chi connectivity index (χ4n) is 4.43. The highest BCUT2D eigenvalue weighted by atomic mass is 16.5. The van der Waals surface area contributed by atoms with Crippen molar-refractivity contribution >= 4 is 23.1 Å². The standard InChI is InChI=1S/C28H26N2O3/c1-20-10-12-21(13-11-20)25-26(29-18-6-3-7-19-29)28(32)30(27(25)31)22-14-16-24(17-15-22)33-23-8-4-2-5-9-23/h2,4-5,8-17H,3,6-7,18-19H2,1H3. The van der Waals surface area contributed by atoms with Gasteiger partial charge in [-0.05, 0) is 68.1 Å². The summed E-state index contributed by atoms with van der Waals surface area (Å²) in [5.41, 5.74) is 3.45. The lowest BCUT2D eigenvalue weighted by molar-refractivity contribution is -0.120. The molecule has 0 N–H and O–H groups in total. The number of aryl methyl sites for hydroxylation is 1. The Labute approximate surface area is 193 Å². The van der Waals surface area contributed by atoms with Gasteiger partial charge in [-0.2, -0.15) is 0 Å². The summed E-state index contributed by atoms with van der Waals surface area (Å²) in [5.74, 6) is 0.844. The third-order valence-electron chi connectivity index (χ3n) is 6.15. The van der Waals surface area contributed by atoms with Crippen LogP contribution < -0.4 is 9.64 Å². The zero-order valence-electron chi connectivity index (χ0n) is 18.7. The molecule has 0 aromatic heterocycles. The number of carbonyl (C=O) groups excluding carboxylic acids is 2. The highest BCUT2D eigenvalue weighted by Crippen LogP contribution is 2.36. The van der Waals surface area contributed by atoms with Crippen LogP contribution in [0.25, 0.3) is 5.57 Å². The van der Waals surface area contributed by atoms with Crippen LogP contribution in [0.5, 0.6) is 11.5 Å². The molecule has 33 heavy (non-hydrogen) atoms. The molecule has 5 rings (SSSR count). The van der Waals surface area contributed by atoms with Crippen LogP contribution >= 0.6 is 0 Å². The van der Waals surface area contributed by atoms with E-state index in [1.165, 1.54) is 4.90 Å². The Hall–Kier alpha value is -3.86. The number of carbonyl (C=O) groups is 2. The van der Waals surface area contributed by atoms with Crippen molar-refractivity contribution < 1.29 is 14.3 Å². The molecule has 5 heteroatoms. The first-order valence-electron chi connectivity index (χ1n) is 11.4. The molecule has 166 valence electrons. The van der Waals surface area contributed by atoms with Gasteiger partial charge < -0.3 is 9.64 Å². The molecular weight excluding hydrogens is 412 g/mol. The van der Waals surface area contributed by atoms with Crippen molar-refractivity contribution in [3.63, 3.8) is 0 Å². The number of hydrogen-bond acceptors (Lipinski definition) is 4. The summed E-state index contributed by atoms with van der Waals surface area (Å²) in [4.78, 5) is 30.6. The fraction of sp³-hybridized carbons (Fsp3) is 0.214. The Bertz CT molecular complexity index is 1190. The molecule has 0 saturated carbocycles. The lowest BCUT2D eigenvalue weighted by Gasteiger charge is -2.29. The Morgan fingerprint density at radius 2 is 1.33 bits per heavy atom. The molecule has 0 bridgehead atoms. The number of piperidine rings is 1. The zero-order chi connectivity index (χ0) is 22.8. The summed E-state index contributed by atoms with van der Waals surface area (Å²) < 4.78 is 5.86. The second-order valence-corrected chi connectivity index (χ2v) is 8.49. The van der Waals surface area contributed by atoms with Gasteiger partial charge in [-0.15, -0.1) is 0 Å². The van der Waals surface area contributed by atoms with Crippen molar-refractivity contribution in [2.75, 3.05) is 18.0 Å². The van der Waals surface area contributed by atoms with Crippen molar-refractivity contribution in [2.45, 2.75) is 26.2 Å². The van der Waals surface area contributed by atoms with Crippen molar-refractivity contribution in [1.29, 1.82) is 0 Å². The molecule has 2 heterocycles. The largest absolute Gasteiger partial charge is 0.457 e. The smallest absolute Gasteiger partial charge is 0.282 e. The molecule has 0 spiro atoms. The van der Waals surface area contributed by atoms with Crippen LogP contribution in [0, 0.1) is 6.92 Å². The molecule has 0 unspecified atom stereocenters. The summed E-state index contributed by atoms with van der Waals surface area (Å²) in [7, 11) is 0. The van der Waals surface area contributed by atoms with E-state index in [9.17, 15) is 9.59 Å². The molecule has 2 aliphatic heterocycles. The Balaban J connectivity index is 1.47. The van der Waals surface area contributed by atoms with Crippen molar-refractivity contribution in [3.8, 4) is 11.5 Å².